The molecule has 7 heteroatoms. The lowest BCUT2D eigenvalue weighted by Crippen LogP contribution is -2.50. The largest absolute Gasteiger partial charge is 0.497 e. The van der Waals surface area contributed by atoms with Gasteiger partial charge in [0.2, 0.25) is 15.9 Å². The number of carbonyl (C=O) groups is 1. The SMILES string of the molecule is CCC(C)c1ccc(S(=O)(=O)N2CCN(C(=O)Cc3cccc(OC)c3)CC2)cc1. The zero-order valence-corrected chi connectivity index (χ0v) is 18.7. The van der Waals surface area contributed by atoms with Crippen molar-refractivity contribution in [3.63, 3.8) is 0 Å². The number of sulfonamides is 1. The van der Waals surface area contributed by atoms with Crippen LogP contribution in [0.5, 0.6) is 5.75 Å². The zero-order valence-electron chi connectivity index (χ0n) is 17.9. The molecule has 1 heterocycles. The average Bonchev–Trinajstić information content (AvgIpc) is 2.78. The Labute approximate surface area is 179 Å². The molecule has 6 nitrogen and oxygen atoms in total. The first kappa shape index (κ1) is 22.3. The number of nitrogens with zero attached hydrogens (tertiary/aromatic N) is 2. The Morgan fingerprint density at radius 3 is 2.33 bits per heavy atom. The highest BCUT2D eigenvalue weighted by Crippen LogP contribution is 2.23. The van der Waals surface area contributed by atoms with E-state index in [2.05, 4.69) is 13.8 Å². The van der Waals surface area contributed by atoms with Crippen molar-refractivity contribution in [1.29, 1.82) is 0 Å². The summed E-state index contributed by atoms with van der Waals surface area (Å²) >= 11 is 0. The van der Waals surface area contributed by atoms with Gasteiger partial charge in [0.15, 0.2) is 0 Å². The molecular weight excluding hydrogens is 400 g/mol. The van der Waals surface area contributed by atoms with Crippen LogP contribution in [0.1, 0.15) is 37.3 Å². The summed E-state index contributed by atoms with van der Waals surface area (Å²) in [5, 5.41) is 0. The molecule has 1 saturated heterocycles. The van der Waals surface area contributed by atoms with Crippen LogP contribution in [-0.4, -0.2) is 56.8 Å². The van der Waals surface area contributed by atoms with Crippen molar-refractivity contribution in [3.05, 3.63) is 59.7 Å². The molecule has 30 heavy (non-hydrogen) atoms. The molecule has 1 atom stereocenters. The van der Waals surface area contributed by atoms with Gasteiger partial charge in [0.1, 0.15) is 5.75 Å². The summed E-state index contributed by atoms with van der Waals surface area (Å²) in [4.78, 5) is 14.7. The topological polar surface area (TPSA) is 66.9 Å². The molecule has 2 aromatic carbocycles. The summed E-state index contributed by atoms with van der Waals surface area (Å²) in [6.45, 7) is 5.65. The molecule has 1 fully saturated rings. The predicted octanol–water partition coefficient (Wildman–Crippen LogP) is 3.28. The van der Waals surface area contributed by atoms with E-state index in [1.807, 2.05) is 36.4 Å². The predicted molar refractivity (Wildman–Crippen MR) is 117 cm³/mol. The summed E-state index contributed by atoms with van der Waals surface area (Å²) < 4.78 is 32.6. The highest BCUT2D eigenvalue weighted by molar-refractivity contribution is 7.89. The number of ether oxygens (including phenoxy) is 1. The summed E-state index contributed by atoms with van der Waals surface area (Å²) in [5.41, 5.74) is 2.03. The molecule has 0 spiro atoms. The van der Waals surface area contributed by atoms with Crippen LogP contribution in [0.3, 0.4) is 0 Å². The molecule has 3 rings (SSSR count). The molecule has 2 aromatic rings. The highest BCUT2D eigenvalue weighted by atomic mass is 32.2. The minimum atomic E-state index is -3.55. The number of rotatable bonds is 7. The Morgan fingerprint density at radius 2 is 1.73 bits per heavy atom. The Hall–Kier alpha value is -2.38. The summed E-state index contributed by atoms with van der Waals surface area (Å²) in [5.74, 6) is 1.12. The van der Waals surface area contributed by atoms with Gasteiger partial charge in [0.25, 0.3) is 0 Å². The minimum absolute atomic E-state index is 0.00166. The molecule has 0 N–H and O–H groups in total. The van der Waals surface area contributed by atoms with E-state index in [-0.39, 0.29) is 12.3 Å². The molecule has 162 valence electrons. The molecule has 1 aliphatic rings. The third kappa shape index (κ3) is 5.02. The molecule has 1 unspecified atom stereocenters. The van der Waals surface area contributed by atoms with Crippen LogP contribution in [0.15, 0.2) is 53.4 Å². The fourth-order valence-corrected chi connectivity index (χ4v) is 5.02. The van der Waals surface area contributed by atoms with Gasteiger partial charge < -0.3 is 9.64 Å². The van der Waals surface area contributed by atoms with Gasteiger partial charge >= 0.3 is 0 Å². The standard InChI is InChI=1S/C23H30N2O4S/c1-4-18(2)20-8-10-22(11-9-20)30(27,28)25-14-12-24(13-15-25)23(26)17-19-6-5-7-21(16-19)29-3/h5-11,16,18H,4,12-15,17H2,1-3H3. The number of piperazine rings is 1. The number of benzene rings is 2. The van der Waals surface area contributed by atoms with E-state index >= 15 is 0 Å². The first-order valence-electron chi connectivity index (χ1n) is 10.4. The minimum Gasteiger partial charge on any atom is -0.497 e. The number of hydrogen-bond acceptors (Lipinski definition) is 4. The fourth-order valence-electron chi connectivity index (χ4n) is 3.60. The molecule has 0 saturated carbocycles. The van der Waals surface area contributed by atoms with Gasteiger partial charge in [-0.2, -0.15) is 4.31 Å². The van der Waals surface area contributed by atoms with Gasteiger partial charge in [-0.3, -0.25) is 4.79 Å². The van der Waals surface area contributed by atoms with Crippen LogP contribution in [0, 0.1) is 0 Å². The van der Waals surface area contributed by atoms with Crippen LogP contribution in [0.25, 0.3) is 0 Å². The van der Waals surface area contributed by atoms with Crippen molar-refractivity contribution in [2.45, 2.75) is 37.5 Å². The van der Waals surface area contributed by atoms with Crippen LogP contribution in [0.2, 0.25) is 0 Å². The first-order valence-corrected chi connectivity index (χ1v) is 11.8. The van der Waals surface area contributed by atoms with Crippen molar-refractivity contribution < 1.29 is 17.9 Å². The second kappa shape index (κ2) is 9.62. The number of hydrogen-bond donors (Lipinski definition) is 0. The fraction of sp³-hybridized carbons (Fsp3) is 0.435. The van der Waals surface area contributed by atoms with E-state index in [1.54, 1.807) is 24.1 Å². The molecule has 0 aliphatic carbocycles. The van der Waals surface area contributed by atoms with E-state index in [0.717, 1.165) is 23.3 Å². The van der Waals surface area contributed by atoms with Gasteiger partial charge in [0, 0.05) is 26.2 Å². The second-order valence-corrected chi connectivity index (χ2v) is 9.63. The maximum absolute atomic E-state index is 13.0. The number of amides is 1. The monoisotopic (exact) mass is 430 g/mol. The molecule has 0 radical (unpaired) electrons. The number of carbonyl (C=O) groups excluding carboxylic acids is 1. The van der Waals surface area contributed by atoms with E-state index in [1.165, 1.54) is 4.31 Å². The van der Waals surface area contributed by atoms with Gasteiger partial charge in [-0.25, -0.2) is 8.42 Å². The van der Waals surface area contributed by atoms with Crippen molar-refractivity contribution in [3.8, 4) is 5.75 Å². The average molecular weight is 431 g/mol. The quantitative estimate of drug-likeness (QED) is 0.676. The summed E-state index contributed by atoms with van der Waals surface area (Å²) in [7, 11) is -1.95. The maximum atomic E-state index is 13.0. The van der Waals surface area contributed by atoms with Gasteiger partial charge in [-0.15, -0.1) is 0 Å². The maximum Gasteiger partial charge on any atom is 0.243 e. The van der Waals surface area contributed by atoms with Crippen molar-refractivity contribution in [1.82, 2.24) is 9.21 Å². The van der Waals surface area contributed by atoms with E-state index in [9.17, 15) is 13.2 Å². The van der Waals surface area contributed by atoms with E-state index < -0.39 is 10.0 Å². The number of methoxy groups -OCH3 is 1. The Morgan fingerprint density at radius 1 is 1.07 bits per heavy atom. The lowest BCUT2D eigenvalue weighted by atomic mass is 9.99. The molecule has 0 bridgehead atoms. The van der Waals surface area contributed by atoms with Crippen LogP contribution in [-0.2, 0) is 21.2 Å². The smallest absolute Gasteiger partial charge is 0.243 e. The van der Waals surface area contributed by atoms with Gasteiger partial charge in [-0.1, -0.05) is 38.1 Å². The Bertz CT molecular complexity index is 965. The normalized spacial score (nSPS) is 16.3. The molecular formula is C23H30N2O4S. The molecule has 1 aliphatic heterocycles. The molecule has 1 amide bonds. The lowest BCUT2D eigenvalue weighted by molar-refractivity contribution is -0.131. The zero-order chi connectivity index (χ0) is 21.7. The van der Waals surface area contributed by atoms with Crippen LogP contribution < -0.4 is 4.74 Å². The summed E-state index contributed by atoms with van der Waals surface area (Å²) in [6.07, 6.45) is 1.29. The Kier molecular flexibility index (Phi) is 7.15. The third-order valence-corrected chi connectivity index (χ3v) is 7.69. The molecule has 0 aromatic heterocycles. The van der Waals surface area contributed by atoms with Crippen LogP contribution in [0.4, 0.5) is 0 Å². The van der Waals surface area contributed by atoms with Crippen molar-refractivity contribution in [2.24, 2.45) is 0 Å². The van der Waals surface area contributed by atoms with Crippen LogP contribution >= 0.6 is 0 Å². The Balaban J connectivity index is 1.60. The van der Waals surface area contributed by atoms with Gasteiger partial charge in [0.05, 0.1) is 18.4 Å². The lowest BCUT2D eigenvalue weighted by Gasteiger charge is -2.34. The third-order valence-electron chi connectivity index (χ3n) is 5.78. The summed E-state index contributed by atoms with van der Waals surface area (Å²) in [6, 6.07) is 14.6. The first-order chi connectivity index (χ1) is 14.3. The van der Waals surface area contributed by atoms with E-state index in [0.29, 0.717) is 37.0 Å². The highest BCUT2D eigenvalue weighted by Gasteiger charge is 2.30. The van der Waals surface area contributed by atoms with Crippen molar-refractivity contribution in [2.75, 3.05) is 33.3 Å². The second-order valence-electron chi connectivity index (χ2n) is 7.69. The van der Waals surface area contributed by atoms with Crippen molar-refractivity contribution >= 4 is 15.9 Å². The van der Waals surface area contributed by atoms with E-state index in [4.69, 9.17) is 4.74 Å². The van der Waals surface area contributed by atoms with Gasteiger partial charge in [-0.05, 0) is 47.7 Å².